The maximum atomic E-state index is 11.9. The number of halogens is 1. The zero-order valence-electron chi connectivity index (χ0n) is 12.4. The Labute approximate surface area is 141 Å². The molecule has 0 aromatic heterocycles. The number of nitrogens with one attached hydrogen (secondary N) is 1. The summed E-state index contributed by atoms with van der Waals surface area (Å²) >= 11 is 1.34. The van der Waals surface area contributed by atoms with Crippen LogP contribution in [0.25, 0.3) is 0 Å². The molecule has 1 saturated heterocycles. The number of carbonyl (C=O) groups excluding carboxylic acids is 2. The van der Waals surface area contributed by atoms with Gasteiger partial charge in [-0.15, -0.1) is 24.2 Å². The van der Waals surface area contributed by atoms with E-state index in [4.69, 9.17) is 5.73 Å². The van der Waals surface area contributed by atoms with E-state index in [1.165, 1.54) is 18.2 Å². The van der Waals surface area contributed by atoms with Crippen LogP contribution in [-0.4, -0.2) is 41.3 Å². The highest BCUT2D eigenvalue weighted by molar-refractivity contribution is 8.00. The van der Waals surface area contributed by atoms with Gasteiger partial charge in [-0.2, -0.15) is 0 Å². The van der Waals surface area contributed by atoms with Crippen LogP contribution in [0.2, 0.25) is 0 Å². The fraction of sp³-hybridized carbons (Fsp3) is 0.467. The molecule has 0 spiro atoms. The number of rotatable bonds is 5. The molecule has 1 aromatic rings. The second kappa shape index (κ2) is 9.58. The lowest BCUT2D eigenvalue weighted by Crippen LogP contribution is -2.37. The second-order valence-electron chi connectivity index (χ2n) is 5.07. The molecule has 1 heterocycles. The first-order valence-electron chi connectivity index (χ1n) is 7.16. The van der Waals surface area contributed by atoms with Crippen LogP contribution in [0.5, 0.6) is 0 Å². The van der Waals surface area contributed by atoms with Gasteiger partial charge in [0, 0.05) is 13.1 Å². The maximum absolute atomic E-state index is 11.9. The predicted octanol–water partition coefficient (Wildman–Crippen LogP) is 2.37. The average Bonchev–Trinajstić information content (AvgIpc) is 2.50. The summed E-state index contributed by atoms with van der Waals surface area (Å²) in [6, 6.07) is 7.13. The highest BCUT2D eigenvalue weighted by atomic mass is 35.5. The van der Waals surface area contributed by atoms with Gasteiger partial charge in [-0.1, -0.05) is 12.1 Å². The van der Waals surface area contributed by atoms with Gasteiger partial charge in [0.25, 0.3) is 0 Å². The molecule has 2 rings (SSSR count). The Morgan fingerprint density at radius 3 is 2.50 bits per heavy atom. The largest absolute Gasteiger partial charge is 0.397 e. The van der Waals surface area contributed by atoms with Crippen molar-refractivity contribution in [3.63, 3.8) is 0 Å². The number of nitrogens with zero attached hydrogens (tertiary/aromatic N) is 1. The number of nitrogen functional groups attached to an aromatic ring is 1. The van der Waals surface area contributed by atoms with Gasteiger partial charge in [-0.3, -0.25) is 9.59 Å². The van der Waals surface area contributed by atoms with Crippen molar-refractivity contribution in [2.75, 3.05) is 35.6 Å². The van der Waals surface area contributed by atoms with E-state index in [2.05, 4.69) is 5.32 Å². The normalized spacial score (nSPS) is 14.1. The number of amides is 2. The van der Waals surface area contributed by atoms with Gasteiger partial charge in [-0.05, 0) is 31.4 Å². The molecular formula is C15H22ClN3O2S. The summed E-state index contributed by atoms with van der Waals surface area (Å²) in [6.07, 6.45) is 3.38. The lowest BCUT2D eigenvalue weighted by molar-refractivity contribution is -0.129. The molecule has 0 saturated carbocycles. The van der Waals surface area contributed by atoms with Crippen LogP contribution >= 0.6 is 24.2 Å². The molecular weight excluding hydrogens is 322 g/mol. The Kier molecular flexibility index (Phi) is 8.12. The van der Waals surface area contributed by atoms with Crippen LogP contribution in [0.1, 0.15) is 19.3 Å². The highest BCUT2D eigenvalue weighted by Gasteiger charge is 2.16. The summed E-state index contributed by atoms with van der Waals surface area (Å²) < 4.78 is 0. The molecule has 0 unspecified atom stereocenters. The first-order chi connectivity index (χ1) is 10.2. The summed E-state index contributed by atoms with van der Waals surface area (Å²) in [5.41, 5.74) is 6.92. The third-order valence-electron chi connectivity index (χ3n) is 3.40. The number of hydrogen-bond acceptors (Lipinski definition) is 4. The minimum absolute atomic E-state index is 0. The predicted molar refractivity (Wildman–Crippen MR) is 94.5 cm³/mol. The van der Waals surface area contributed by atoms with Gasteiger partial charge in [0.15, 0.2) is 0 Å². The third kappa shape index (κ3) is 5.77. The lowest BCUT2D eigenvalue weighted by atomic mass is 10.1. The van der Waals surface area contributed by atoms with Crippen molar-refractivity contribution < 1.29 is 9.59 Å². The Bertz CT molecular complexity index is 507. The molecule has 122 valence electrons. The topological polar surface area (TPSA) is 75.4 Å². The first kappa shape index (κ1) is 18.6. The van der Waals surface area contributed by atoms with Crippen molar-refractivity contribution in [3.05, 3.63) is 24.3 Å². The van der Waals surface area contributed by atoms with Crippen molar-refractivity contribution in [2.45, 2.75) is 19.3 Å². The second-order valence-corrected chi connectivity index (χ2v) is 6.06. The Balaban J connectivity index is 0.00000242. The number of anilines is 2. The van der Waals surface area contributed by atoms with Gasteiger partial charge >= 0.3 is 0 Å². The van der Waals surface area contributed by atoms with Crippen molar-refractivity contribution in [1.29, 1.82) is 0 Å². The molecule has 7 heteroatoms. The number of hydrogen-bond donors (Lipinski definition) is 2. The molecule has 0 radical (unpaired) electrons. The molecule has 5 nitrogen and oxygen atoms in total. The van der Waals surface area contributed by atoms with Gasteiger partial charge < -0.3 is 16.0 Å². The molecule has 1 aliphatic rings. The molecule has 3 N–H and O–H groups in total. The summed E-state index contributed by atoms with van der Waals surface area (Å²) in [6.45, 7) is 1.71. The number of nitrogens with two attached hydrogens (primary N) is 1. The number of likely N-dealkylation sites (tertiary alicyclic amines) is 1. The minimum atomic E-state index is -0.135. The smallest absolute Gasteiger partial charge is 0.234 e. The van der Waals surface area contributed by atoms with Crippen LogP contribution in [0.15, 0.2) is 24.3 Å². The molecule has 0 aliphatic carbocycles. The van der Waals surface area contributed by atoms with Gasteiger partial charge in [0.05, 0.1) is 22.9 Å². The molecule has 22 heavy (non-hydrogen) atoms. The molecule has 1 fully saturated rings. The summed E-state index contributed by atoms with van der Waals surface area (Å²) in [4.78, 5) is 25.6. The Morgan fingerprint density at radius 2 is 1.82 bits per heavy atom. The fourth-order valence-corrected chi connectivity index (χ4v) is 2.98. The van der Waals surface area contributed by atoms with E-state index >= 15 is 0 Å². The van der Waals surface area contributed by atoms with E-state index in [9.17, 15) is 9.59 Å². The van der Waals surface area contributed by atoms with Gasteiger partial charge in [0.2, 0.25) is 11.8 Å². The van der Waals surface area contributed by atoms with E-state index in [1.807, 2.05) is 17.0 Å². The molecule has 1 aromatic carbocycles. The van der Waals surface area contributed by atoms with Gasteiger partial charge in [0.1, 0.15) is 0 Å². The van der Waals surface area contributed by atoms with Crippen molar-refractivity contribution >= 4 is 47.4 Å². The van der Waals surface area contributed by atoms with E-state index in [1.54, 1.807) is 12.1 Å². The van der Waals surface area contributed by atoms with Gasteiger partial charge in [-0.25, -0.2) is 0 Å². The van der Waals surface area contributed by atoms with E-state index in [0.29, 0.717) is 17.1 Å². The quantitative estimate of drug-likeness (QED) is 0.805. The number of piperidine rings is 1. The zero-order valence-corrected chi connectivity index (χ0v) is 14.0. The fourth-order valence-electron chi connectivity index (χ4n) is 2.26. The zero-order chi connectivity index (χ0) is 15.1. The van der Waals surface area contributed by atoms with Crippen molar-refractivity contribution in [1.82, 2.24) is 4.90 Å². The Hall–Kier alpha value is -1.40. The molecule has 1 aliphatic heterocycles. The lowest BCUT2D eigenvalue weighted by Gasteiger charge is -2.26. The maximum Gasteiger partial charge on any atom is 0.234 e. The van der Waals surface area contributed by atoms with Crippen LogP contribution in [0.3, 0.4) is 0 Å². The minimum Gasteiger partial charge on any atom is -0.397 e. The summed E-state index contributed by atoms with van der Waals surface area (Å²) in [7, 11) is 0. The Morgan fingerprint density at radius 1 is 1.14 bits per heavy atom. The molecule has 2 amide bonds. The standard InChI is InChI=1S/C15H21N3O2S.ClH/c16-12-6-2-3-7-13(12)17-14(19)10-21-11-15(20)18-8-4-1-5-9-18;/h2-3,6-7H,1,4-5,8-11,16H2,(H,17,19);1H. The van der Waals surface area contributed by atoms with Crippen molar-refractivity contribution in [2.24, 2.45) is 0 Å². The molecule has 0 atom stereocenters. The number of benzene rings is 1. The number of thioether (sulfide) groups is 1. The van der Waals surface area contributed by atoms with E-state index in [-0.39, 0.29) is 30.0 Å². The van der Waals surface area contributed by atoms with Crippen LogP contribution in [0, 0.1) is 0 Å². The summed E-state index contributed by atoms with van der Waals surface area (Å²) in [5, 5.41) is 2.75. The van der Waals surface area contributed by atoms with E-state index in [0.717, 1.165) is 25.9 Å². The van der Waals surface area contributed by atoms with Crippen molar-refractivity contribution in [3.8, 4) is 0 Å². The monoisotopic (exact) mass is 343 g/mol. The van der Waals surface area contributed by atoms with Crippen LogP contribution in [0.4, 0.5) is 11.4 Å². The summed E-state index contributed by atoms with van der Waals surface area (Å²) in [5.74, 6) is 0.613. The van der Waals surface area contributed by atoms with E-state index < -0.39 is 0 Å². The number of para-hydroxylation sites is 2. The molecule has 0 bridgehead atoms. The average molecular weight is 344 g/mol. The highest BCUT2D eigenvalue weighted by Crippen LogP contribution is 2.17. The SMILES string of the molecule is Cl.Nc1ccccc1NC(=O)CSCC(=O)N1CCCCC1. The van der Waals surface area contributed by atoms with Crippen LogP contribution in [-0.2, 0) is 9.59 Å². The number of carbonyl (C=O) groups is 2. The first-order valence-corrected chi connectivity index (χ1v) is 8.32. The van der Waals surface area contributed by atoms with Crippen LogP contribution < -0.4 is 11.1 Å². The third-order valence-corrected chi connectivity index (χ3v) is 4.32.